The predicted octanol–water partition coefficient (Wildman–Crippen LogP) is 2.52. The molecule has 0 saturated heterocycles. The Balaban J connectivity index is 2.11. The molecule has 0 amide bonds. The van der Waals surface area contributed by atoms with Gasteiger partial charge in [0.2, 0.25) is 0 Å². The largest absolute Gasteiger partial charge is 0.303 e. The minimum atomic E-state index is 0.835. The van der Waals surface area contributed by atoms with E-state index in [1.807, 2.05) is 0 Å². The maximum atomic E-state index is 2.52. The van der Waals surface area contributed by atoms with E-state index in [1.54, 1.807) is 0 Å². The van der Waals surface area contributed by atoms with Gasteiger partial charge in [-0.3, -0.25) is 0 Å². The SMILES string of the molecule is CCCCN(C)C(C)C1CC1. The standard InChI is InChI=1S/C10H21N/c1-4-5-8-11(3)9(2)10-6-7-10/h9-10H,4-8H2,1-3H3. The maximum Gasteiger partial charge on any atom is 0.00921 e. The quantitative estimate of drug-likeness (QED) is 0.589. The van der Waals surface area contributed by atoms with Gasteiger partial charge in [0.1, 0.15) is 0 Å². The average Bonchev–Trinajstić information content (AvgIpc) is 2.81. The third-order valence-corrected chi connectivity index (χ3v) is 2.86. The van der Waals surface area contributed by atoms with Crippen molar-refractivity contribution in [1.82, 2.24) is 4.90 Å². The molecular weight excluding hydrogens is 134 g/mol. The molecule has 0 heterocycles. The van der Waals surface area contributed by atoms with Gasteiger partial charge in [-0.25, -0.2) is 0 Å². The minimum Gasteiger partial charge on any atom is -0.303 e. The molecule has 1 saturated carbocycles. The van der Waals surface area contributed by atoms with Gasteiger partial charge in [-0.05, 0) is 45.7 Å². The minimum absolute atomic E-state index is 0.835. The van der Waals surface area contributed by atoms with Crippen LogP contribution in [0.4, 0.5) is 0 Å². The summed E-state index contributed by atoms with van der Waals surface area (Å²) in [6.07, 6.45) is 5.62. The summed E-state index contributed by atoms with van der Waals surface area (Å²) in [6.45, 7) is 5.91. The highest BCUT2D eigenvalue weighted by atomic mass is 15.1. The normalized spacial score (nSPS) is 20.7. The molecule has 0 spiro atoms. The predicted molar refractivity (Wildman–Crippen MR) is 49.7 cm³/mol. The highest BCUT2D eigenvalue weighted by Gasteiger charge is 2.29. The Bertz CT molecular complexity index is 107. The van der Waals surface area contributed by atoms with Gasteiger partial charge in [0.15, 0.2) is 0 Å². The topological polar surface area (TPSA) is 3.24 Å². The second-order valence-corrected chi connectivity index (χ2v) is 3.91. The van der Waals surface area contributed by atoms with Gasteiger partial charge in [-0.2, -0.15) is 0 Å². The molecule has 1 aliphatic rings. The van der Waals surface area contributed by atoms with Crippen molar-refractivity contribution in [2.24, 2.45) is 5.92 Å². The lowest BCUT2D eigenvalue weighted by atomic mass is 10.2. The molecule has 0 N–H and O–H groups in total. The summed E-state index contributed by atoms with van der Waals surface area (Å²) in [7, 11) is 2.26. The lowest BCUT2D eigenvalue weighted by Gasteiger charge is -2.24. The van der Waals surface area contributed by atoms with Crippen LogP contribution in [0, 0.1) is 5.92 Å². The molecule has 1 atom stereocenters. The fourth-order valence-electron chi connectivity index (χ4n) is 1.55. The summed E-state index contributed by atoms with van der Waals surface area (Å²) in [5.74, 6) is 1.02. The van der Waals surface area contributed by atoms with Gasteiger partial charge >= 0.3 is 0 Å². The fraction of sp³-hybridized carbons (Fsp3) is 1.00. The average molecular weight is 155 g/mol. The summed E-state index contributed by atoms with van der Waals surface area (Å²) >= 11 is 0. The van der Waals surface area contributed by atoms with Crippen LogP contribution in [0.3, 0.4) is 0 Å². The molecule has 0 aromatic heterocycles. The highest BCUT2D eigenvalue weighted by molar-refractivity contribution is 4.83. The van der Waals surface area contributed by atoms with Crippen LogP contribution in [0.5, 0.6) is 0 Å². The number of nitrogens with zero attached hydrogens (tertiary/aromatic N) is 1. The van der Waals surface area contributed by atoms with E-state index in [0.29, 0.717) is 0 Å². The van der Waals surface area contributed by atoms with Gasteiger partial charge in [-0.15, -0.1) is 0 Å². The summed E-state index contributed by atoms with van der Waals surface area (Å²) in [4.78, 5) is 2.52. The molecule has 1 nitrogen and oxygen atoms in total. The van der Waals surface area contributed by atoms with Crippen molar-refractivity contribution < 1.29 is 0 Å². The van der Waals surface area contributed by atoms with Gasteiger partial charge < -0.3 is 4.90 Å². The lowest BCUT2D eigenvalue weighted by molar-refractivity contribution is 0.231. The molecule has 1 aliphatic carbocycles. The number of hydrogen-bond acceptors (Lipinski definition) is 1. The Kier molecular flexibility index (Phi) is 3.38. The van der Waals surface area contributed by atoms with E-state index in [0.717, 1.165) is 12.0 Å². The van der Waals surface area contributed by atoms with E-state index >= 15 is 0 Å². The maximum absolute atomic E-state index is 2.52. The summed E-state index contributed by atoms with van der Waals surface area (Å²) < 4.78 is 0. The monoisotopic (exact) mass is 155 g/mol. The summed E-state index contributed by atoms with van der Waals surface area (Å²) in [6, 6.07) is 0.835. The molecule has 1 heteroatoms. The van der Waals surface area contributed by atoms with Crippen LogP contribution in [0.15, 0.2) is 0 Å². The van der Waals surface area contributed by atoms with Crippen molar-refractivity contribution in [2.45, 2.75) is 45.6 Å². The molecule has 1 fully saturated rings. The first-order chi connectivity index (χ1) is 5.25. The third kappa shape index (κ3) is 2.82. The van der Waals surface area contributed by atoms with Crippen LogP contribution in [-0.2, 0) is 0 Å². The number of hydrogen-bond donors (Lipinski definition) is 0. The van der Waals surface area contributed by atoms with E-state index in [9.17, 15) is 0 Å². The van der Waals surface area contributed by atoms with Gasteiger partial charge in [0, 0.05) is 6.04 Å². The van der Waals surface area contributed by atoms with Crippen LogP contribution >= 0.6 is 0 Å². The van der Waals surface area contributed by atoms with E-state index in [1.165, 1.54) is 32.2 Å². The van der Waals surface area contributed by atoms with Crippen molar-refractivity contribution >= 4 is 0 Å². The molecular formula is C10H21N. The van der Waals surface area contributed by atoms with Crippen LogP contribution < -0.4 is 0 Å². The third-order valence-electron chi connectivity index (χ3n) is 2.86. The van der Waals surface area contributed by atoms with Gasteiger partial charge in [-0.1, -0.05) is 13.3 Å². The molecule has 0 aromatic carbocycles. The zero-order chi connectivity index (χ0) is 8.27. The second kappa shape index (κ2) is 4.10. The Labute approximate surface area is 70.8 Å². The van der Waals surface area contributed by atoms with Crippen LogP contribution in [0.25, 0.3) is 0 Å². The first-order valence-electron chi connectivity index (χ1n) is 4.96. The second-order valence-electron chi connectivity index (χ2n) is 3.91. The Hall–Kier alpha value is -0.0400. The molecule has 0 radical (unpaired) electrons. The first-order valence-corrected chi connectivity index (χ1v) is 4.96. The molecule has 0 bridgehead atoms. The molecule has 0 aromatic rings. The van der Waals surface area contributed by atoms with Crippen LogP contribution in [0.1, 0.15) is 39.5 Å². The molecule has 1 unspecified atom stereocenters. The van der Waals surface area contributed by atoms with Crippen molar-refractivity contribution in [1.29, 1.82) is 0 Å². The van der Waals surface area contributed by atoms with Gasteiger partial charge in [0.05, 0.1) is 0 Å². The van der Waals surface area contributed by atoms with E-state index in [4.69, 9.17) is 0 Å². The van der Waals surface area contributed by atoms with Gasteiger partial charge in [0.25, 0.3) is 0 Å². The number of rotatable bonds is 5. The lowest BCUT2D eigenvalue weighted by Crippen LogP contribution is -2.31. The summed E-state index contributed by atoms with van der Waals surface area (Å²) in [5.41, 5.74) is 0. The van der Waals surface area contributed by atoms with E-state index in [-0.39, 0.29) is 0 Å². The number of unbranched alkanes of at least 4 members (excludes halogenated alkanes) is 1. The first kappa shape index (κ1) is 9.05. The highest BCUT2D eigenvalue weighted by Crippen LogP contribution is 2.34. The molecule has 0 aliphatic heterocycles. The van der Waals surface area contributed by atoms with Crippen molar-refractivity contribution in [2.75, 3.05) is 13.6 Å². The Morgan fingerprint density at radius 1 is 1.45 bits per heavy atom. The zero-order valence-electron chi connectivity index (χ0n) is 8.14. The van der Waals surface area contributed by atoms with Crippen molar-refractivity contribution in [3.8, 4) is 0 Å². The van der Waals surface area contributed by atoms with E-state index < -0.39 is 0 Å². The molecule has 1 rings (SSSR count). The summed E-state index contributed by atoms with van der Waals surface area (Å²) in [5, 5.41) is 0. The van der Waals surface area contributed by atoms with Crippen LogP contribution in [0.2, 0.25) is 0 Å². The van der Waals surface area contributed by atoms with Crippen molar-refractivity contribution in [3.63, 3.8) is 0 Å². The zero-order valence-corrected chi connectivity index (χ0v) is 8.14. The molecule has 66 valence electrons. The Morgan fingerprint density at radius 2 is 2.09 bits per heavy atom. The van der Waals surface area contributed by atoms with Crippen molar-refractivity contribution in [3.05, 3.63) is 0 Å². The van der Waals surface area contributed by atoms with Crippen LogP contribution in [-0.4, -0.2) is 24.5 Å². The molecule has 11 heavy (non-hydrogen) atoms. The Morgan fingerprint density at radius 3 is 2.55 bits per heavy atom. The fourth-order valence-corrected chi connectivity index (χ4v) is 1.55. The van der Waals surface area contributed by atoms with E-state index in [2.05, 4.69) is 25.8 Å². The smallest absolute Gasteiger partial charge is 0.00921 e.